The van der Waals surface area contributed by atoms with Gasteiger partial charge in [0.25, 0.3) is 0 Å². The first kappa shape index (κ1) is 40.7. The number of rotatable bonds is 5. The van der Waals surface area contributed by atoms with Crippen molar-refractivity contribution in [3.05, 3.63) is 46.6 Å². The standard InChI is InChI=1S/C48H67NO10/c1-6-49-23-26-20-41(3)13-10-30(26)48(40(55)25(41)2)46(57,15-16-50)39-34(59-48)21-47(58)31-19-33(53)37-36-29-17-27(51)18-32(52)28(29)9-14-45(36,56)35(54)22-42(37,4)38(31)44(11-7-8-12-44)24-43(39,47)5/h17-20,25,30,34-40,49-52,54-58H,6-16,21-24H2,1-5H3/t25-,30+,34+,35+,36+,37-,38+,39+,40+,41-,42+,43-,45+,46-,47-,48+/m1/s1. The topological polar surface area (TPSA) is 200 Å². The highest BCUT2D eigenvalue weighted by Crippen LogP contribution is 2.80. The van der Waals surface area contributed by atoms with Gasteiger partial charge in [0.1, 0.15) is 22.7 Å². The highest BCUT2D eigenvalue weighted by Gasteiger charge is 2.84. The monoisotopic (exact) mass is 817 g/mol. The number of fused-ring (bicyclic) bond motifs is 14. The van der Waals surface area contributed by atoms with Gasteiger partial charge < -0.3 is 50.9 Å². The molecule has 0 radical (unpaired) electrons. The van der Waals surface area contributed by atoms with Gasteiger partial charge in [0.2, 0.25) is 0 Å². The van der Waals surface area contributed by atoms with Crippen LogP contribution in [-0.4, -0.2) is 107 Å². The smallest absolute Gasteiger partial charge is 0.160 e. The molecule has 0 aromatic heterocycles. The number of benzene rings is 1. The molecule has 59 heavy (non-hydrogen) atoms. The van der Waals surface area contributed by atoms with E-state index in [4.69, 9.17) is 4.74 Å². The van der Waals surface area contributed by atoms with Crippen molar-refractivity contribution in [2.24, 2.45) is 51.2 Å². The number of allylic oxidation sites excluding steroid dienone is 2. The Morgan fingerprint density at radius 3 is 2.39 bits per heavy atom. The second-order valence-corrected chi connectivity index (χ2v) is 22.0. The quantitative estimate of drug-likeness (QED) is 0.192. The van der Waals surface area contributed by atoms with Gasteiger partial charge in [-0.25, -0.2) is 0 Å². The molecule has 1 saturated heterocycles. The lowest BCUT2D eigenvalue weighted by atomic mass is 9.36. The summed E-state index contributed by atoms with van der Waals surface area (Å²) in [6.45, 7) is 11.4. The van der Waals surface area contributed by atoms with Crippen LogP contribution in [0.5, 0.6) is 11.5 Å². The molecule has 0 unspecified atom stereocenters. The number of carbonyl (C=O) groups is 1. The molecular weight excluding hydrogens is 751 g/mol. The van der Waals surface area contributed by atoms with Gasteiger partial charge in [-0.15, -0.1) is 0 Å². The Bertz CT molecular complexity index is 2030. The van der Waals surface area contributed by atoms with E-state index in [0.717, 1.165) is 44.2 Å². The number of nitrogens with one attached hydrogen (secondary N) is 1. The number of likely N-dealkylation sites (N-methyl/N-ethyl adjacent to an activating group) is 1. The van der Waals surface area contributed by atoms with Crippen LogP contribution in [0.1, 0.15) is 122 Å². The Morgan fingerprint density at radius 2 is 1.69 bits per heavy atom. The van der Waals surface area contributed by atoms with Crippen LogP contribution in [-0.2, 0) is 16.0 Å². The second-order valence-electron chi connectivity index (χ2n) is 22.0. The summed E-state index contributed by atoms with van der Waals surface area (Å²) < 4.78 is 7.43. The average molecular weight is 818 g/mol. The Labute approximate surface area is 348 Å². The summed E-state index contributed by atoms with van der Waals surface area (Å²) in [4.78, 5) is 15.2. The molecule has 16 atom stereocenters. The van der Waals surface area contributed by atoms with Crippen molar-refractivity contribution >= 4 is 5.78 Å². The molecule has 6 fully saturated rings. The lowest BCUT2D eigenvalue weighted by Crippen LogP contribution is -2.72. The van der Waals surface area contributed by atoms with Gasteiger partial charge in [-0.1, -0.05) is 59.1 Å². The predicted molar refractivity (Wildman–Crippen MR) is 218 cm³/mol. The van der Waals surface area contributed by atoms with Crippen LogP contribution in [0, 0.1) is 51.2 Å². The minimum atomic E-state index is -1.74. The highest BCUT2D eigenvalue weighted by molar-refractivity contribution is 5.96. The predicted octanol–water partition coefficient (Wildman–Crippen LogP) is 4.31. The van der Waals surface area contributed by atoms with Crippen LogP contribution >= 0.6 is 0 Å². The van der Waals surface area contributed by atoms with Gasteiger partial charge in [0.05, 0.1) is 29.5 Å². The second kappa shape index (κ2) is 12.6. The van der Waals surface area contributed by atoms with Crippen molar-refractivity contribution in [1.82, 2.24) is 5.32 Å². The van der Waals surface area contributed by atoms with E-state index in [9.17, 15) is 40.9 Å². The fourth-order valence-electron chi connectivity index (χ4n) is 17.4. The van der Waals surface area contributed by atoms with Crippen LogP contribution in [0.2, 0.25) is 0 Å². The van der Waals surface area contributed by atoms with E-state index >= 15 is 4.79 Å². The van der Waals surface area contributed by atoms with Crippen LogP contribution < -0.4 is 5.32 Å². The molecule has 1 aromatic rings. The fourth-order valence-corrected chi connectivity index (χ4v) is 17.4. The van der Waals surface area contributed by atoms with Crippen LogP contribution in [0.15, 0.2) is 35.4 Å². The maximum Gasteiger partial charge on any atom is 0.160 e. The molecule has 9 N–H and O–H groups in total. The third-order valence-corrected chi connectivity index (χ3v) is 19.6. The van der Waals surface area contributed by atoms with Crippen molar-refractivity contribution in [2.75, 3.05) is 19.7 Å². The molecule has 5 saturated carbocycles. The summed E-state index contributed by atoms with van der Waals surface area (Å²) in [6.07, 6.45) is 7.23. The Morgan fingerprint density at radius 1 is 0.966 bits per heavy atom. The first-order valence-corrected chi connectivity index (χ1v) is 22.8. The van der Waals surface area contributed by atoms with Crippen LogP contribution in [0.4, 0.5) is 0 Å². The van der Waals surface area contributed by atoms with Crippen molar-refractivity contribution in [2.45, 2.75) is 158 Å². The summed E-state index contributed by atoms with van der Waals surface area (Å²) >= 11 is 0. The van der Waals surface area contributed by atoms with E-state index in [-0.39, 0.29) is 79.2 Å². The minimum absolute atomic E-state index is 0.0366. The summed E-state index contributed by atoms with van der Waals surface area (Å²) in [5.74, 6) is -3.85. The average Bonchev–Trinajstić information content (AvgIpc) is 3.76. The number of aliphatic hydroxyl groups is 6. The number of hydrogen-bond acceptors (Lipinski definition) is 11. The number of phenols is 2. The van der Waals surface area contributed by atoms with Crippen molar-refractivity contribution < 1.29 is 50.4 Å². The van der Waals surface area contributed by atoms with Gasteiger partial charge in [-0.05, 0) is 115 Å². The number of ketones is 1. The molecule has 2 spiro atoms. The van der Waals surface area contributed by atoms with Crippen LogP contribution in [0.3, 0.4) is 0 Å². The van der Waals surface area contributed by atoms with E-state index in [0.29, 0.717) is 36.1 Å². The van der Waals surface area contributed by atoms with Gasteiger partial charge in [0.15, 0.2) is 5.78 Å². The maximum absolute atomic E-state index is 15.2. The molecule has 11 nitrogen and oxygen atoms in total. The summed E-state index contributed by atoms with van der Waals surface area (Å²) in [6, 6.07) is 2.82. The van der Waals surface area contributed by atoms with E-state index < -0.39 is 74.7 Å². The zero-order chi connectivity index (χ0) is 42.1. The Balaban J connectivity index is 1.14. The first-order chi connectivity index (χ1) is 27.8. The number of hydrogen-bond donors (Lipinski definition) is 9. The maximum atomic E-state index is 15.2. The molecular formula is C48H67NO10. The van der Waals surface area contributed by atoms with Crippen molar-refractivity contribution in [3.63, 3.8) is 0 Å². The molecule has 9 aliphatic carbocycles. The lowest BCUT2D eigenvalue weighted by molar-refractivity contribution is -0.254. The van der Waals surface area contributed by atoms with Crippen molar-refractivity contribution in [1.29, 1.82) is 0 Å². The minimum Gasteiger partial charge on any atom is -0.508 e. The lowest BCUT2D eigenvalue weighted by Gasteiger charge is -2.69. The summed E-state index contributed by atoms with van der Waals surface area (Å²) in [7, 11) is 0. The molecule has 324 valence electrons. The zero-order valence-corrected chi connectivity index (χ0v) is 35.5. The molecule has 0 amide bonds. The SMILES string of the molecule is CCNCC1=C[C@@]2(C)CC[C@@H]1[C@]1(O[C@H]3C[C@@]4(O)C5=CC(=O)[C@@H]6[C@@H]7c8cc(O)cc(O)c8CC[C@]7(O)[C@@H](O)C[C@]6(C)[C@H]5C5(CCCC5)C[C@]4(C)[C@H]3[C@]1(O)CCO)[C@@H](O)[C@H]2C. The van der Waals surface area contributed by atoms with Gasteiger partial charge in [-0.2, -0.15) is 0 Å². The molecule has 1 heterocycles. The molecule has 10 aliphatic rings. The number of aliphatic hydroxyl groups excluding tert-OH is 3. The molecule has 11 heteroatoms. The Kier molecular flexibility index (Phi) is 8.72. The number of aromatic hydroxyl groups is 2. The van der Waals surface area contributed by atoms with Gasteiger partial charge in [0, 0.05) is 61.1 Å². The zero-order valence-electron chi connectivity index (χ0n) is 35.5. The molecule has 1 aliphatic heterocycles. The molecule has 11 rings (SSSR count). The highest BCUT2D eigenvalue weighted by atomic mass is 16.6. The summed E-state index contributed by atoms with van der Waals surface area (Å²) in [5.41, 5.74) is -6.40. The third-order valence-electron chi connectivity index (χ3n) is 19.6. The first-order valence-electron chi connectivity index (χ1n) is 22.8. The molecule has 2 bridgehead atoms. The van der Waals surface area contributed by atoms with E-state index in [1.54, 1.807) is 6.08 Å². The largest absolute Gasteiger partial charge is 0.508 e. The fraction of sp³-hybridized carbons (Fsp3) is 0.771. The Hall–Kier alpha value is -2.35. The summed E-state index contributed by atoms with van der Waals surface area (Å²) in [5, 5.41) is 101. The van der Waals surface area contributed by atoms with Gasteiger partial charge >= 0.3 is 0 Å². The number of ether oxygens (including phenoxy) is 1. The molecule has 1 aromatic carbocycles. The normalized spacial score (nSPS) is 51.3. The van der Waals surface area contributed by atoms with E-state index in [2.05, 4.69) is 46.0 Å². The third kappa shape index (κ3) is 4.70. The van der Waals surface area contributed by atoms with Crippen LogP contribution in [0.25, 0.3) is 0 Å². The van der Waals surface area contributed by atoms with E-state index in [1.165, 1.54) is 12.1 Å². The number of phenolic OH excluding ortho intramolecular Hbond substituents is 2. The van der Waals surface area contributed by atoms with E-state index in [1.807, 2.05) is 0 Å². The van der Waals surface area contributed by atoms with Crippen molar-refractivity contribution in [3.8, 4) is 11.5 Å². The van der Waals surface area contributed by atoms with Gasteiger partial charge in [-0.3, -0.25) is 4.79 Å². The number of carbonyl (C=O) groups excluding carboxylic acids is 1.